The summed E-state index contributed by atoms with van der Waals surface area (Å²) in [7, 11) is 0. The number of aliphatic carboxylic acids is 1. The lowest BCUT2D eigenvalue weighted by Crippen LogP contribution is -2.24. The summed E-state index contributed by atoms with van der Waals surface area (Å²) in [5.74, 6) is -0.704. The number of hydrogen-bond acceptors (Lipinski definition) is 2. The molecule has 1 N–H and O–H groups in total. The molecule has 3 heteroatoms. The van der Waals surface area contributed by atoms with Gasteiger partial charge in [0.15, 0.2) is 5.78 Å². The van der Waals surface area contributed by atoms with Crippen molar-refractivity contribution in [2.45, 2.75) is 58.3 Å². The number of hydrogen-bond donors (Lipinski definition) is 1. The maximum atomic E-state index is 12.5. The van der Waals surface area contributed by atoms with Crippen LogP contribution in [-0.4, -0.2) is 16.9 Å². The van der Waals surface area contributed by atoms with Crippen molar-refractivity contribution in [3.63, 3.8) is 0 Å². The molecule has 0 aliphatic heterocycles. The van der Waals surface area contributed by atoms with Crippen LogP contribution < -0.4 is 0 Å². The van der Waals surface area contributed by atoms with E-state index in [0.717, 1.165) is 38.5 Å². The SMILES string of the molecule is CCCc1ccc(C(=O)CC2(CC(=O)O)CCCC2)cc1. The molecule has 0 amide bonds. The van der Waals surface area contributed by atoms with E-state index in [1.54, 1.807) is 0 Å². The monoisotopic (exact) mass is 288 g/mol. The van der Waals surface area contributed by atoms with Crippen molar-refractivity contribution >= 4 is 11.8 Å². The van der Waals surface area contributed by atoms with E-state index in [4.69, 9.17) is 5.11 Å². The molecular formula is C18H24O3. The first-order valence-corrected chi connectivity index (χ1v) is 7.89. The van der Waals surface area contributed by atoms with Crippen molar-refractivity contribution in [3.05, 3.63) is 35.4 Å². The van der Waals surface area contributed by atoms with Crippen LogP contribution in [0.15, 0.2) is 24.3 Å². The van der Waals surface area contributed by atoms with Gasteiger partial charge in [0.2, 0.25) is 0 Å². The third-order valence-corrected chi connectivity index (χ3v) is 4.54. The van der Waals surface area contributed by atoms with E-state index in [1.165, 1.54) is 5.56 Å². The highest BCUT2D eigenvalue weighted by atomic mass is 16.4. The summed E-state index contributed by atoms with van der Waals surface area (Å²) in [5, 5.41) is 9.11. The first-order valence-electron chi connectivity index (χ1n) is 7.89. The Bertz CT molecular complexity index is 496. The highest BCUT2D eigenvalue weighted by Crippen LogP contribution is 2.44. The van der Waals surface area contributed by atoms with Gasteiger partial charge in [0.05, 0.1) is 6.42 Å². The fourth-order valence-electron chi connectivity index (χ4n) is 3.45. The van der Waals surface area contributed by atoms with Crippen LogP contribution >= 0.6 is 0 Å². The maximum absolute atomic E-state index is 12.5. The molecule has 0 spiro atoms. The zero-order chi connectivity index (χ0) is 15.3. The predicted octanol–water partition coefficient (Wildman–Crippen LogP) is 4.25. The van der Waals surface area contributed by atoms with E-state index in [0.29, 0.717) is 12.0 Å². The van der Waals surface area contributed by atoms with Gasteiger partial charge in [-0.1, -0.05) is 50.5 Å². The number of carboxylic acids is 1. The van der Waals surface area contributed by atoms with Gasteiger partial charge in [-0.05, 0) is 30.2 Å². The molecule has 0 heterocycles. The molecule has 1 aromatic rings. The number of benzene rings is 1. The Morgan fingerprint density at radius 3 is 2.24 bits per heavy atom. The number of carboxylic acid groups (broad SMARTS) is 1. The smallest absolute Gasteiger partial charge is 0.303 e. The minimum Gasteiger partial charge on any atom is -0.481 e. The van der Waals surface area contributed by atoms with E-state index in [2.05, 4.69) is 6.92 Å². The summed E-state index contributed by atoms with van der Waals surface area (Å²) in [6, 6.07) is 7.79. The van der Waals surface area contributed by atoms with Crippen molar-refractivity contribution < 1.29 is 14.7 Å². The van der Waals surface area contributed by atoms with Crippen LogP contribution in [0.4, 0.5) is 0 Å². The summed E-state index contributed by atoms with van der Waals surface area (Å²) in [6.07, 6.45) is 6.40. The minimum absolute atomic E-state index is 0.0844. The Morgan fingerprint density at radius 2 is 1.71 bits per heavy atom. The minimum atomic E-state index is -0.789. The summed E-state index contributed by atoms with van der Waals surface area (Å²) in [6.45, 7) is 2.13. The molecule has 1 fully saturated rings. The third kappa shape index (κ3) is 4.16. The van der Waals surface area contributed by atoms with E-state index >= 15 is 0 Å². The number of Topliss-reactive ketones (excluding diaryl/α,β-unsaturated/α-hetero) is 1. The Balaban J connectivity index is 2.06. The van der Waals surface area contributed by atoms with Crippen molar-refractivity contribution in [1.29, 1.82) is 0 Å². The van der Waals surface area contributed by atoms with Crippen LogP contribution in [0.3, 0.4) is 0 Å². The van der Waals surface area contributed by atoms with Gasteiger partial charge in [-0.25, -0.2) is 0 Å². The van der Waals surface area contributed by atoms with Gasteiger partial charge in [-0.3, -0.25) is 9.59 Å². The third-order valence-electron chi connectivity index (χ3n) is 4.54. The number of ketones is 1. The number of rotatable bonds is 7. The lowest BCUT2D eigenvalue weighted by molar-refractivity contribution is -0.139. The second-order valence-corrected chi connectivity index (χ2v) is 6.32. The van der Waals surface area contributed by atoms with Gasteiger partial charge in [0, 0.05) is 12.0 Å². The zero-order valence-electron chi connectivity index (χ0n) is 12.7. The lowest BCUT2D eigenvalue weighted by Gasteiger charge is -2.26. The van der Waals surface area contributed by atoms with Crippen LogP contribution in [0.1, 0.15) is 67.8 Å². The van der Waals surface area contributed by atoms with Crippen LogP contribution in [0.5, 0.6) is 0 Å². The van der Waals surface area contributed by atoms with Crippen LogP contribution in [0.25, 0.3) is 0 Å². The molecule has 1 saturated carbocycles. The summed E-state index contributed by atoms with van der Waals surface area (Å²) < 4.78 is 0. The molecular weight excluding hydrogens is 264 g/mol. The van der Waals surface area contributed by atoms with Gasteiger partial charge in [0.1, 0.15) is 0 Å². The number of carbonyl (C=O) groups is 2. The highest BCUT2D eigenvalue weighted by Gasteiger charge is 2.38. The van der Waals surface area contributed by atoms with E-state index in [1.807, 2.05) is 24.3 Å². The molecule has 0 unspecified atom stereocenters. The standard InChI is InChI=1S/C18H24O3/c1-2-5-14-6-8-15(9-7-14)16(19)12-18(13-17(20)21)10-3-4-11-18/h6-9H,2-5,10-13H2,1H3,(H,20,21). The van der Waals surface area contributed by atoms with Crippen molar-refractivity contribution in [2.24, 2.45) is 5.41 Å². The molecule has 21 heavy (non-hydrogen) atoms. The van der Waals surface area contributed by atoms with Crippen molar-refractivity contribution in [1.82, 2.24) is 0 Å². The molecule has 1 aliphatic carbocycles. The zero-order valence-corrected chi connectivity index (χ0v) is 12.7. The first-order chi connectivity index (χ1) is 10.0. The molecule has 114 valence electrons. The molecule has 0 radical (unpaired) electrons. The molecule has 0 bridgehead atoms. The molecule has 0 atom stereocenters. The second kappa shape index (κ2) is 6.88. The molecule has 2 rings (SSSR count). The molecule has 1 aliphatic rings. The van der Waals surface area contributed by atoms with Gasteiger partial charge >= 0.3 is 5.97 Å². The Morgan fingerprint density at radius 1 is 1.10 bits per heavy atom. The fourth-order valence-corrected chi connectivity index (χ4v) is 3.45. The summed E-state index contributed by atoms with van der Waals surface area (Å²) in [4.78, 5) is 23.5. The van der Waals surface area contributed by atoms with Crippen LogP contribution in [-0.2, 0) is 11.2 Å². The van der Waals surface area contributed by atoms with Crippen molar-refractivity contribution in [2.75, 3.05) is 0 Å². The Hall–Kier alpha value is -1.64. The van der Waals surface area contributed by atoms with Crippen LogP contribution in [0.2, 0.25) is 0 Å². The molecule has 0 saturated heterocycles. The second-order valence-electron chi connectivity index (χ2n) is 6.32. The van der Waals surface area contributed by atoms with Gasteiger partial charge in [0.25, 0.3) is 0 Å². The Labute approximate surface area is 126 Å². The molecule has 1 aromatic carbocycles. The van der Waals surface area contributed by atoms with E-state index in [-0.39, 0.29) is 17.6 Å². The average Bonchev–Trinajstić information content (AvgIpc) is 2.87. The first kappa shape index (κ1) is 15.7. The number of carbonyl (C=O) groups excluding carboxylic acids is 1. The lowest BCUT2D eigenvalue weighted by atomic mass is 9.77. The molecule has 0 aromatic heterocycles. The normalized spacial score (nSPS) is 16.8. The van der Waals surface area contributed by atoms with Gasteiger partial charge in [-0.2, -0.15) is 0 Å². The predicted molar refractivity (Wildman–Crippen MR) is 82.5 cm³/mol. The van der Waals surface area contributed by atoms with Crippen molar-refractivity contribution in [3.8, 4) is 0 Å². The van der Waals surface area contributed by atoms with E-state index < -0.39 is 5.97 Å². The maximum Gasteiger partial charge on any atom is 0.303 e. The molecule has 3 nitrogen and oxygen atoms in total. The van der Waals surface area contributed by atoms with Gasteiger partial charge in [-0.15, -0.1) is 0 Å². The quantitative estimate of drug-likeness (QED) is 0.763. The summed E-state index contributed by atoms with van der Waals surface area (Å²) >= 11 is 0. The Kier molecular flexibility index (Phi) is 5.16. The topological polar surface area (TPSA) is 54.4 Å². The largest absolute Gasteiger partial charge is 0.481 e. The fraction of sp³-hybridized carbons (Fsp3) is 0.556. The van der Waals surface area contributed by atoms with Gasteiger partial charge < -0.3 is 5.11 Å². The van der Waals surface area contributed by atoms with E-state index in [9.17, 15) is 9.59 Å². The highest BCUT2D eigenvalue weighted by molar-refractivity contribution is 5.96. The number of aryl methyl sites for hydroxylation is 1. The van der Waals surface area contributed by atoms with Crippen LogP contribution in [0, 0.1) is 5.41 Å². The average molecular weight is 288 g/mol. The summed E-state index contributed by atoms with van der Waals surface area (Å²) in [5.41, 5.74) is 1.65.